The van der Waals surface area contributed by atoms with Crippen LogP contribution in [0.15, 0.2) is 24.4 Å². The monoisotopic (exact) mass is 389 g/mol. The molecule has 2 heterocycles. The third kappa shape index (κ3) is 4.50. The van der Waals surface area contributed by atoms with Crippen molar-refractivity contribution in [3.05, 3.63) is 35.0 Å². The number of piperidine rings is 1. The number of nitrogens with zero attached hydrogens (tertiary/aromatic N) is 2. The van der Waals surface area contributed by atoms with Gasteiger partial charge in [0.1, 0.15) is 5.75 Å². The summed E-state index contributed by atoms with van der Waals surface area (Å²) in [7, 11) is 0. The Morgan fingerprint density at radius 2 is 2.22 bits per heavy atom. The molecule has 3 rings (SSSR count). The number of fused-ring (bicyclic) bond motifs is 1. The van der Waals surface area contributed by atoms with E-state index in [4.69, 9.17) is 11.6 Å². The number of hydrogen-bond donors (Lipinski definition) is 2. The predicted molar refractivity (Wildman–Crippen MR) is 105 cm³/mol. The molecule has 1 aliphatic heterocycles. The summed E-state index contributed by atoms with van der Waals surface area (Å²) in [6.45, 7) is 3.72. The molecule has 0 spiro atoms. The number of amides is 2. The van der Waals surface area contributed by atoms with Crippen LogP contribution in [0.25, 0.3) is 10.9 Å². The van der Waals surface area contributed by atoms with Crippen LogP contribution in [0.2, 0.25) is 5.02 Å². The van der Waals surface area contributed by atoms with Gasteiger partial charge in [-0.05, 0) is 43.4 Å². The fourth-order valence-electron chi connectivity index (χ4n) is 3.53. The fourth-order valence-corrected chi connectivity index (χ4v) is 3.70. The molecule has 2 N–H and O–H groups in total. The molecule has 0 saturated carbocycles. The van der Waals surface area contributed by atoms with E-state index >= 15 is 0 Å². The van der Waals surface area contributed by atoms with Crippen molar-refractivity contribution < 1.29 is 14.7 Å². The van der Waals surface area contributed by atoms with E-state index in [1.807, 2.05) is 6.92 Å². The van der Waals surface area contributed by atoms with Gasteiger partial charge in [-0.15, -0.1) is 0 Å². The van der Waals surface area contributed by atoms with E-state index < -0.39 is 0 Å². The molecule has 1 aliphatic rings. The van der Waals surface area contributed by atoms with E-state index in [1.165, 1.54) is 6.20 Å². The number of likely N-dealkylation sites (tertiary alicyclic amines) is 1. The Balaban J connectivity index is 1.77. The van der Waals surface area contributed by atoms with Crippen molar-refractivity contribution in [3.8, 4) is 5.75 Å². The summed E-state index contributed by atoms with van der Waals surface area (Å²) in [6, 6.07) is 5.09. The summed E-state index contributed by atoms with van der Waals surface area (Å²) >= 11 is 6.08. The predicted octanol–water partition coefficient (Wildman–Crippen LogP) is 3.36. The summed E-state index contributed by atoms with van der Waals surface area (Å²) < 4.78 is 0. The molecule has 2 aromatic rings. The van der Waals surface area contributed by atoms with Gasteiger partial charge in [-0.25, -0.2) is 0 Å². The normalized spacial score (nSPS) is 17.1. The van der Waals surface area contributed by atoms with Gasteiger partial charge in [-0.3, -0.25) is 14.6 Å². The summed E-state index contributed by atoms with van der Waals surface area (Å²) in [6.07, 6.45) is 4.47. The van der Waals surface area contributed by atoms with Crippen LogP contribution >= 0.6 is 11.6 Å². The Kier molecular flexibility index (Phi) is 6.16. The molecular formula is C20H24ClN3O3. The van der Waals surface area contributed by atoms with Gasteiger partial charge < -0.3 is 15.3 Å². The molecule has 7 heteroatoms. The van der Waals surface area contributed by atoms with Crippen molar-refractivity contribution in [1.82, 2.24) is 15.2 Å². The second-order valence-corrected chi connectivity index (χ2v) is 7.43. The van der Waals surface area contributed by atoms with E-state index in [1.54, 1.807) is 23.1 Å². The minimum atomic E-state index is -0.230. The van der Waals surface area contributed by atoms with Gasteiger partial charge in [-0.2, -0.15) is 0 Å². The number of benzene rings is 1. The largest absolute Gasteiger partial charge is 0.505 e. The Labute approximate surface area is 163 Å². The van der Waals surface area contributed by atoms with Gasteiger partial charge in [0.05, 0.1) is 17.3 Å². The number of carbonyl (C=O) groups excluding carboxylic acids is 2. The Hall–Kier alpha value is -2.34. The van der Waals surface area contributed by atoms with Crippen LogP contribution in [0.3, 0.4) is 0 Å². The molecule has 1 aromatic carbocycles. The molecule has 0 aliphatic carbocycles. The van der Waals surface area contributed by atoms with Crippen LogP contribution in [-0.2, 0) is 4.79 Å². The first-order valence-corrected chi connectivity index (χ1v) is 9.70. The molecule has 0 unspecified atom stereocenters. The summed E-state index contributed by atoms with van der Waals surface area (Å²) in [5.74, 6) is -0.115. The number of aromatic nitrogens is 1. The lowest BCUT2D eigenvalue weighted by atomic mass is 9.96. The number of aromatic hydroxyl groups is 1. The Morgan fingerprint density at radius 1 is 1.41 bits per heavy atom. The van der Waals surface area contributed by atoms with Gasteiger partial charge in [0.2, 0.25) is 5.91 Å². The van der Waals surface area contributed by atoms with Crippen molar-refractivity contribution in [1.29, 1.82) is 0 Å². The SMILES string of the molecule is CCCC(=O)NC[C@H]1CCCN(C(=O)c2c(O)cnc3ccc(Cl)cc23)C1. The second-order valence-electron chi connectivity index (χ2n) is 6.99. The van der Waals surface area contributed by atoms with E-state index in [-0.39, 0.29) is 29.0 Å². The molecule has 1 atom stereocenters. The quantitative estimate of drug-likeness (QED) is 0.821. The van der Waals surface area contributed by atoms with Crippen molar-refractivity contribution >= 4 is 34.3 Å². The van der Waals surface area contributed by atoms with Crippen LogP contribution in [0.4, 0.5) is 0 Å². The van der Waals surface area contributed by atoms with E-state index in [0.717, 1.165) is 19.3 Å². The first-order valence-electron chi connectivity index (χ1n) is 9.32. The number of rotatable bonds is 5. The highest BCUT2D eigenvalue weighted by Gasteiger charge is 2.27. The fraction of sp³-hybridized carbons (Fsp3) is 0.450. The molecule has 0 bridgehead atoms. The van der Waals surface area contributed by atoms with Crippen LogP contribution in [-0.4, -0.2) is 46.4 Å². The molecule has 1 saturated heterocycles. The smallest absolute Gasteiger partial charge is 0.258 e. The molecule has 6 nitrogen and oxygen atoms in total. The zero-order chi connectivity index (χ0) is 19.4. The maximum Gasteiger partial charge on any atom is 0.258 e. The topological polar surface area (TPSA) is 82.5 Å². The highest BCUT2D eigenvalue weighted by atomic mass is 35.5. The first kappa shape index (κ1) is 19.4. The lowest BCUT2D eigenvalue weighted by Crippen LogP contribution is -2.43. The van der Waals surface area contributed by atoms with Crippen molar-refractivity contribution in [2.45, 2.75) is 32.6 Å². The zero-order valence-electron chi connectivity index (χ0n) is 15.4. The van der Waals surface area contributed by atoms with Crippen molar-refractivity contribution in [3.63, 3.8) is 0 Å². The summed E-state index contributed by atoms with van der Waals surface area (Å²) in [5.41, 5.74) is 0.846. The van der Waals surface area contributed by atoms with E-state index in [2.05, 4.69) is 10.3 Å². The maximum absolute atomic E-state index is 13.1. The average Bonchev–Trinajstić information content (AvgIpc) is 2.66. The zero-order valence-corrected chi connectivity index (χ0v) is 16.1. The molecule has 27 heavy (non-hydrogen) atoms. The minimum absolute atomic E-state index is 0.0494. The molecule has 144 valence electrons. The molecule has 2 amide bonds. The molecule has 0 radical (unpaired) electrons. The maximum atomic E-state index is 13.1. The highest BCUT2D eigenvalue weighted by molar-refractivity contribution is 6.31. The van der Waals surface area contributed by atoms with Gasteiger partial charge in [0.15, 0.2) is 0 Å². The Morgan fingerprint density at radius 3 is 3.00 bits per heavy atom. The highest BCUT2D eigenvalue weighted by Crippen LogP contribution is 2.30. The van der Waals surface area contributed by atoms with Gasteiger partial charge in [-0.1, -0.05) is 18.5 Å². The van der Waals surface area contributed by atoms with Gasteiger partial charge in [0.25, 0.3) is 5.91 Å². The van der Waals surface area contributed by atoms with Crippen molar-refractivity contribution in [2.75, 3.05) is 19.6 Å². The third-order valence-electron chi connectivity index (χ3n) is 4.90. The van der Waals surface area contributed by atoms with Crippen LogP contribution < -0.4 is 5.32 Å². The number of nitrogens with one attached hydrogen (secondary N) is 1. The number of halogens is 1. The molecule has 1 aromatic heterocycles. The first-order chi connectivity index (χ1) is 13.0. The summed E-state index contributed by atoms with van der Waals surface area (Å²) in [4.78, 5) is 30.8. The molecular weight excluding hydrogens is 366 g/mol. The molecule has 1 fully saturated rings. The third-order valence-corrected chi connectivity index (χ3v) is 5.13. The minimum Gasteiger partial charge on any atom is -0.505 e. The van der Waals surface area contributed by atoms with E-state index in [0.29, 0.717) is 42.0 Å². The van der Waals surface area contributed by atoms with Crippen molar-refractivity contribution in [2.24, 2.45) is 5.92 Å². The lowest BCUT2D eigenvalue weighted by molar-refractivity contribution is -0.121. The number of carbonyl (C=O) groups is 2. The van der Waals surface area contributed by atoms with Gasteiger partial charge >= 0.3 is 0 Å². The standard InChI is InChI=1S/C20H24ClN3O3/c1-2-4-18(26)23-10-13-5-3-8-24(12-13)20(27)19-15-9-14(21)6-7-16(15)22-11-17(19)25/h6-7,9,11,13,25H,2-5,8,10,12H2,1H3,(H,23,26)/t13-/m1/s1. The van der Waals surface area contributed by atoms with Crippen LogP contribution in [0.1, 0.15) is 43.0 Å². The second kappa shape index (κ2) is 8.57. The number of hydrogen-bond acceptors (Lipinski definition) is 4. The number of pyridine rings is 1. The lowest BCUT2D eigenvalue weighted by Gasteiger charge is -2.33. The van der Waals surface area contributed by atoms with Crippen LogP contribution in [0.5, 0.6) is 5.75 Å². The average molecular weight is 390 g/mol. The van der Waals surface area contributed by atoms with E-state index in [9.17, 15) is 14.7 Å². The summed E-state index contributed by atoms with van der Waals surface area (Å²) in [5, 5.41) is 14.3. The van der Waals surface area contributed by atoms with Gasteiger partial charge in [0, 0.05) is 36.5 Å². The van der Waals surface area contributed by atoms with Crippen LogP contribution in [0, 0.1) is 5.92 Å². The Bertz CT molecular complexity index is 850.